The van der Waals surface area contributed by atoms with Crippen molar-refractivity contribution in [3.63, 3.8) is 0 Å². The molecule has 0 aliphatic heterocycles. The van der Waals surface area contributed by atoms with Crippen molar-refractivity contribution in [2.75, 3.05) is 0 Å². The average Bonchev–Trinajstić information content (AvgIpc) is 2.04. The van der Waals surface area contributed by atoms with E-state index < -0.39 is 0 Å². The molecule has 0 aromatic carbocycles. The Balaban J connectivity index is 2.94. The van der Waals surface area contributed by atoms with Gasteiger partial charge < -0.3 is 0 Å². The van der Waals surface area contributed by atoms with Gasteiger partial charge in [0.15, 0.2) is 0 Å². The molecule has 1 aliphatic rings. The summed E-state index contributed by atoms with van der Waals surface area (Å²) in [4.78, 5) is 4.04. The van der Waals surface area contributed by atoms with Gasteiger partial charge in [-0.05, 0) is 37.5 Å². The van der Waals surface area contributed by atoms with Crippen molar-refractivity contribution >= 4 is 6.72 Å². The van der Waals surface area contributed by atoms with E-state index in [0.29, 0.717) is 5.92 Å². The summed E-state index contributed by atoms with van der Waals surface area (Å²) < 4.78 is 0. The van der Waals surface area contributed by atoms with Gasteiger partial charge in [-0.2, -0.15) is 0 Å². The van der Waals surface area contributed by atoms with Crippen molar-refractivity contribution in [3.05, 3.63) is 23.9 Å². The molecule has 0 radical (unpaired) electrons. The third-order valence-electron chi connectivity index (χ3n) is 2.30. The first-order valence-electron chi connectivity index (χ1n) is 4.11. The standard InChI is InChI=1S/C10H15N/c1-4-9-7-5-6-8(2)10(9)11-3/h4,8H,1,3,5-7H2,2H3. The van der Waals surface area contributed by atoms with Gasteiger partial charge in [0.05, 0.1) is 0 Å². The maximum Gasteiger partial charge on any atom is 0.0456 e. The summed E-state index contributed by atoms with van der Waals surface area (Å²) in [5, 5.41) is 0. The fourth-order valence-electron chi connectivity index (χ4n) is 1.64. The molecule has 1 unspecified atom stereocenters. The van der Waals surface area contributed by atoms with Gasteiger partial charge >= 0.3 is 0 Å². The van der Waals surface area contributed by atoms with E-state index >= 15 is 0 Å². The third kappa shape index (κ3) is 1.59. The van der Waals surface area contributed by atoms with Crippen molar-refractivity contribution in [2.45, 2.75) is 26.2 Å². The van der Waals surface area contributed by atoms with Crippen LogP contribution in [-0.4, -0.2) is 6.72 Å². The molecule has 0 amide bonds. The van der Waals surface area contributed by atoms with Gasteiger partial charge in [-0.25, -0.2) is 0 Å². The van der Waals surface area contributed by atoms with Crippen LogP contribution in [-0.2, 0) is 0 Å². The minimum Gasteiger partial charge on any atom is -0.269 e. The Bertz CT molecular complexity index is 201. The van der Waals surface area contributed by atoms with Gasteiger partial charge in [0.2, 0.25) is 0 Å². The largest absolute Gasteiger partial charge is 0.269 e. The Morgan fingerprint density at radius 1 is 1.64 bits per heavy atom. The molecule has 0 fully saturated rings. The quantitative estimate of drug-likeness (QED) is 0.535. The molecule has 0 heterocycles. The molecule has 1 atom stereocenters. The van der Waals surface area contributed by atoms with Crippen LogP contribution in [0.25, 0.3) is 0 Å². The van der Waals surface area contributed by atoms with Crippen LogP contribution in [0.5, 0.6) is 0 Å². The van der Waals surface area contributed by atoms with E-state index in [9.17, 15) is 0 Å². The van der Waals surface area contributed by atoms with Gasteiger partial charge in [0.25, 0.3) is 0 Å². The Kier molecular flexibility index (Phi) is 2.64. The maximum absolute atomic E-state index is 4.04. The zero-order valence-corrected chi connectivity index (χ0v) is 7.14. The van der Waals surface area contributed by atoms with Crippen molar-refractivity contribution in [1.29, 1.82) is 0 Å². The van der Waals surface area contributed by atoms with Crippen LogP contribution in [0.3, 0.4) is 0 Å². The minimum absolute atomic E-state index is 0.578. The van der Waals surface area contributed by atoms with Crippen LogP contribution in [0.15, 0.2) is 28.9 Å². The smallest absolute Gasteiger partial charge is 0.0456 e. The number of allylic oxidation sites excluding steroid dienone is 3. The number of nitrogens with zero attached hydrogens (tertiary/aromatic N) is 1. The molecule has 1 heteroatoms. The van der Waals surface area contributed by atoms with E-state index in [-0.39, 0.29) is 0 Å². The SMILES string of the molecule is C=CC1=C(N=C)C(C)CCC1. The summed E-state index contributed by atoms with van der Waals surface area (Å²) in [5.74, 6) is 0.578. The highest BCUT2D eigenvalue weighted by Gasteiger charge is 2.15. The number of hydrogen-bond acceptors (Lipinski definition) is 1. The van der Waals surface area contributed by atoms with E-state index in [4.69, 9.17) is 0 Å². The highest BCUT2D eigenvalue weighted by Crippen LogP contribution is 2.30. The van der Waals surface area contributed by atoms with Crippen LogP contribution < -0.4 is 0 Å². The zero-order chi connectivity index (χ0) is 8.27. The number of hydrogen-bond donors (Lipinski definition) is 0. The van der Waals surface area contributed by atoms with E-state index in [0.717, 1.165) is 12.1 Å². The summed E-state index contributed by atoms with van der Waals surface area (Å²) in [6.45, 7) is 9.55. The molecule has 0 saturated heterocycles. The first kappa shape index (κ1) is 8.25. The second-order valence-electron chi connectivity index (χ2n) is 3.07. The molecule has 1 aliphatic carbocycles. The van der Waals surface area contributed by atoms with Crippen LogP contribution in [0.2, 0.25) is 0 Å². The van der Waals surface area contributed by atoms with Gasteiger partial charge in [-0.1, -0.05) is 19.6 Å². The van der Waals surface area contributed by atoms with Gasteiger partial charge in [0, 0.05) is 5.70 Å². The predicted octanol–water partition coefficient (Wildman–Crippen LogP) is 2.95. The highest BCUT2D eigenvalue weighted by atomic mass is 14.7. The Labute approximate surface area is 68.5 Å². The molecule has 11 heavy (non-hydrogen) atoms. The Morgan fingerprint density at radius 3 is 2.82 bits per heavy atom. The molecule has 1 rings (SSSR count). The first-order chi connectivity index (χ1) is 5.29. The lowest BCUT2D eigenvalue weighted by molar-refractivity contribution is 0.537. The molecule has 0 spiro atoms. The topological polar surface area (TPSA) is 12.4 Å². The van der Waals surface area contributed by atoms with Gasteiger partial charge in [-0.15, -0.1) is 0 Å². The second-order valence-corrected chi connectivity index (χ2v) is 3.07. The molecule has 60 valence electrons. The molecule has 0 aromatic rings. The molecule has 0 aromatic heterocycles. The van der Waals surface area contributed by atoms with Crippen LogP contribution in [0.1, 0.15) is 26.2 Å². The van der Waals surface area contributed by atoms with Crippen molar-refractivity contribution < 1.29 is 0 Å². The van der Waals surface area contributed by atoms with E-state index in [1.54, 1.807) is 0 Å². The number of rotatable bonds is 2. The lowest BCUT2D eigenvalue weighted by atomic mass is 9.88. The van der Waals surface area contributed by atoms with E-state index in [1.807, 2.05) is 6.08 Å². The van der Waals surface area contributed by atoms with E-state index in [1.165, 1.54) is 18.4 Å². The monoisotopic (exact) mass is 149 g/mol. The van der Waals surface area contributed by atoms with Gasteiger partial charge in [0.1, 0.15) is 0 Å². The average molecular weight is 149 g/mol. The maximum atomic E-state index is 4.04. The lowest BCUT2D eigenvalue weighted by Crippen LogP contribution is -2.06. The molecule has 0 saturated carbocycles. The summed E-state index contributed by atoms with van der Waals surface area (Å²) in [5.41, 5.74) is 2.45. The van der Waals surface area contributed by atoms with Crippen molar-refractivity contribution in [3.8, 4) is 0 Å². The van der Waals surface area contributed by atoms with Gasteiger partial charge in [-0.3, -0.25) is 4.99 Å². The predicted molar refractivity (Wildman–Crippen MR) is 49.8 cm³/mol. The van der Waals surface area contributed by atoms with Crippen molar-refractivity contribution in [2.24, 2.45) is 10.9 Å². The fraction of sp³-hybridized carbons (Fsp3) is 0.500. The zero-order valence-electron chi connectivity index (χ0n) is 7.14. The summed E-state index contributed by atoms with van der Waals surface area (Å²) in [7, 11) is 0. The Morgan fingerprint density at radius 2 is 2.36 bits per heavy atom. The molecule has 1 nitrogen and oxygen atoms in total. The lowest BCUT2D eigenvalue weighted by Gasteiger charge is -2.20. The second kappa shape index (κ2) is 3.51. The molecular weight excluding hydrogens is 134 g/mol. The summed E-state index contributed by atoms with van der Waals surface area (Å²) >= 11 is 0. The fourth-order valence-corrected chi connectivity index (χ4v) is 1.64. The molecular formula is C10H15N. The van der Waals surface area contributed by atoms with Crippen LogP contribution in [0.4, 0.5) is 0 Å². The molecule has 0 bridgehead atoms. The minimum atomic E-state index is 0.578. The molecule has 0 N–H and O–H groups in total. The van der Waals surface area contributed by atoms with E-state index in [2.05, 4.69) is 25.2 Å². The number of aliphatic imine (C=N–C) groups is 1. The summed E-state index contributed by atoms with van der Waals surface area (Å²) in [6.07, 6.45) is 5.55. The Hall–Kier alpha value is -0.850. The summed E-state index contributed by atoms with van der Waals surface area (Å²) in [6, 6.07) is 0. The van der Waals surface area contributed by atoms with Crippen molar-refractivity contribution in [1.82, 2.24) is 0 Å². The van der Waals surface area contributed by atoms with Crippen LogP contribution in [0, 0.1) is 5.92 Å². The first-order valence-corrected chi connectivity index (χ1v) is 4.11. The normalized spacial score (nSPS) is 25.0. The third-order valence-corrected chi connectivity index (χ3v) is 2.30. The van der Waals surface area contributed by atoms with Crippen LogP contribution >= 0.6 is 0 Å². The highest BCUT2D eigenvalue weighted by molar-refractivity contribution is 5.35.